The first-order valence-electron chi connectivity index (χ1n) is 6.53. The Balaban J connectivity index is 2.07. The SMILES string of the molecule is COc1cc2c(Nc3ccc(O)cc3)ncnc2cc1C. The van der Waals surface area contributed by atoms with Crippen LogP contribution in [0.2, 0.25) is 0 Å². The Bertz CT molecular complexity index is 785. The third-order valence-corrected chi connectivity index (χ3v) is 3.28. The quantitative estimate of drug-likeness (QED) is 0.720. The minimum atomic E-state index is 0.227. The van der Waals surface area contributed by atoms with Gasteiger partial charge in [-0.3, -0.25) is 0 Å². The molecule has 0 saturated carbocycles. The van der Waals surface area contributed by atoms with Gasteiger partial charge in [-0.1, -0.05) is 0 Å². The summed E-state index contributed by atoms with van der Waals surface area (Å²) in [6, 6.07) is 10.7. The molecule has 1 heterocycles. The van der Waals surface area contributed by atoms with E-state index in [4.69, 9.17) is 4.74 Å². The van der Waals surface area contributed by atoms with E-state index in [1.165, 1.54) is 6.33 Å². The number of hydrogen-bond donors (Lipinski definition) is 2. The summed E-state index contributed by atoms with van der Waals surface area (Å²) >= 11 is 0. The fourth-order valence-corrected chi connectivity index (χ4v) is 2.19. The van der Waals surface area contributed by atoms with Gasteiger partial charge < -0.3 is 15.2 Å². The Morgan fingerprint density at radius 3 is 2.57 bits per heavy atom. The van der Waals surface area contributed by atoms with Crippen LogP contribution in [0.4, 0.5) is 11.5 Å². The number of aromatic hydroxyl groups is 1. The molecule has 1 aromatic heterocycles. The van der Waals surface area contributed by atoms with E-state index in [2.05, 4.69) is 15.3 Å². The zero-order chi connectivity index (χ0) is 14.8. The number of fused-ring (bicyclic) bond motifs is 1. The Morgan fingerprint density at radius 2 is 1.86 bits per heavy atom. The molecular formula is C16H15N3O2. The smallest absolute Gasteiger partial charge is 0.141 e. The fourth-order valence-electron chi connectivity index (χ4n) is 2.19. The number of hydrogen-bond acceptors (Lipinski definition) is 5. The molecule has 3 rings (SSSR count). The van der Waals surface area contributed by atoms with Crippen LogP contribution >= 0.6 is 0 Å². The van der Waals surface area contributed by atoms with Gasteiger partial charge in [-0.25, -0.2) is 9.97 Å². The van der Waals surface area contributed by atoms with E-state index < -0.39 is 0 Å². The monoisotopic (exact) mass is 281 g/mol. The van der Waals surface area contributed by atoms with Crippen molar-refractivity contribution >= 4 is 22.4 Å². The molecule has 0 unspecified atom stereocenters. The zero-order valence-electron chi connectivity index (χ0n) is 11.8. The fraction of sp³-hybridized carbons (Fsp3) is 0.125. The number of nitrogens with zero attached hydrogens (tertiary/aromatic N) is 2. The second-order valence-electron chi connectivity index (χ2n) is 4.73. The highest BCUT2D eigenvalue weighted by molar-refractivity contribution is 5.92. The maximum absolute atomic E-state index is 9.32. The number of methoxy groups -OCH3 is 1. The Hall–Kier alpha value is -2.82. The molecule has 0 saturated heterocycles. The Labute approximate surface area is 122 Å². The molecule has 0 aliphatic heterocycles. The predicted octanol–water partition coefficient (Wildman–Crippen LogP) is 3.40. The minimum Gasteiger partial charge on any atom is -0.508 e. The zero-order valence-corrected chi connectivity index (χ0v) is 11.8. The van der Waals surface area contributed by atoms with Crippen molar-refractivity contribution in [2.75, 3.05) is 12.4 Å². The molecule has 2 aromatic carbocycles. The number of anilines is 2. The number of ether oxygens (including phenoxy) is 1. The van der Waals surface area contributed by atoms with Gasteiger partial charge in [-0.15, -0.1) is 0 Å². The number of benzene rings is 2. The molecule has 3 aromatic rings. The molecule has 0 amide bonds. The molecular weight excluding hydrogens is 266 g/mol. The van der Waals surface area contributed by atoms with E-state index in [0.29, 0.717) is 5.82 Å². The summed E-state index contributed by atoms with van der Waals surface area (Å²) < 4.78 is 5.36. The van der Waals surface area contributed by atoms with Gasteiger partial charge in [0.1, 0.15) is 23.6 Å². The number of rotatable bonds is 3. The van der Waals surface area contributed by atoms with Crippen LogP contribution in [0.15, 0.2) is 42.7 Å². The van der Waals surface area contributed by atoms with Crippen molar-refractivity contribution in [2.24, 2.45) is 0 Å². The standard InChI is InChI=1S/C16H15N3O2/c1-10-7-14-13(8-15(10)21-2)16(18-9-17-14)19-11-3-5-12(20)6-4-11/h3-9,20H,1-2H3,(H,17,18,19). The molecule has 21 heavy (non-hydrogen) atoms. The first-order valence-corrected chi connectivity index (χ1v) is 6.53. The summed E-state index contributed by atoms with van der Waals surface area (Å²) in [6.07, 6.45) is 1.52. The van der Waals surface area contributed by atoms with Gasteiger partial charge >= 0.3 is 0 Å². The topological polar surface area (TPSA) is 67.3 Å². The van der Waals surface area contributed by atoms with Gasteiger partial charge in [0.15, 0.2) is 0 Å². The molecule has 0 aliphatic rings. The molecule has 0 aliphatic carbocycles. The van der Waals surface area contributed by atoms with Gasteiger partial charge in [0.05, 0.1) is 12.6 Å². The number of aromatic nitrogens is 2. The highest BCUT2D eigenvalue weighted by atomic mass is 16.5. The molecule has 5 nitrogen and oxygen atoms in total. The predicted molar refractivity (Wildman–Crippen MR) is 82.2 cm³/mol. The van der Waals surface area contributed by atoms with E-state index in [-0.39, 0.29) is 5.75 Å². The summed E-state index contributed by atoms with van der Waals surface area (Å²) in [4.78, 5) is 8.58. The average Bonchev–Trinajstić information content (AvgIpc) is 2.49. The van der Waals surface area contributed by atoms with E-state index in [1.54, 1.807) is 31.4 Å². The number of aryl methyl sites for hydroxylation is 1. The lowest BCUT2D eigenvalue weighted by atomic mass is 10.1. The van der Waals surface area contributed by atoms with Crippen molar-refractivity contribution in [1.82, 2.24) is 9.97 Å². The summed E-state index contributed by atoms with van der Waals surface area (Å²) in [5, 5.41) is 13.4. The molecule has 0 bridgehead atoms. The lowest BCUT2D eigenvalue weighted by Crippen LogP contribution is -1.97. The van der Waals surface area contributed by atoms with E-state index in [0.717, 1.165) is 27.9 Å². The summed E-state index contributed by atoms with van der Waals surface area (Å²) in [5.74, 6) is 1.72. The lowest BCUT2D eigenvalue weighted by molar-refractivity contribution is 0.412. The molecule has 0 atom stereocenters. The lowest BCUT2D eigenvalue weighted by Gasteiger charge is -2.11. The van der Waals surface area contributed by atoms with Crippen LogP contribution in [0, 0.1) is 6.92 Å². The largest absolute Gasteiger partial charge is 0.508 e. The van der Waals surface area contributed by atoms with Crippen LogP contribution in [-0.2, 0) is 0 Å². The normalized spacial score (nSPS) is 10.6. The maximum Gasteiger partial charge on any atom is 0.141 e. The van der Waals surface area contributed by atoms with Crippen molar-refractivity contribution in [3.8, 4) is 11.5 Å². The van der Waals surface area contributed by atoms with Crippen molar-refractivity contribution in [3.05, 3.63) is 48.3 Å². The Kier molecular flexibility index (Phi) is 3.31. The number of phenols is 1. The second kappa shape index (κ2) is 5.28. The minimum absolute atomic E-state index is 0.227. The molecule has 0 spiro atoms. The van der Waals surface area contributed by atoms with Crippen LogP contribution in [0.3, 0.4) is 0 Å². The summed E-state index contributed by atoms with van der Waals surface area (Å²) in [6.45, 7) is 1.98. The van der Waals surface area contributed by atoms with Crippen LogP contribution in [0.25, 0.3) is 10.9 Å². The van der Waals surface area contributed by atoms with Gasteiger partial charge in [-0.2, -0.15) is 0 Å². The molecule has 5 heteroatoms. The third kappa shape index (κ3) is 2.58. The van der Waals surface area contributed by atoms with Crippen molar-refractivity contribution in [1.29, 1.82) is 0 Å². The first kappa shape index (κ1) is 13.2. The maximum atomic E-state index is 9.32. The van der Waals surface area contributed by atoms with E-state index in [1.807, 2.05) is 19.1 Å². The highest BCUT2D eigenvalue weighted by Gasteiger charge is 2.08. The highest BCUT2D eigenvalue weighted by Crippen LogP contribution is 2.29. The van der Waals surface area contributed by atoms with Crippen LogP contribution in [-0.4, -0.2) is 22.2 Å². The van der Waals surface area contributed by atoms with Crippen LogP contribution in [0.1, 0.15) is 5.56 Å². The number of phenolic OH excluding ortho intramolecular Hbond substituents is 1. The van der Waals surface area contributed by atoms with Crippen molar-refractivity contribution in [2.45, 2.75) is 6.92 Å². The van der Waals surface area contributed by atoms with E-state index in [9.17, 15) is 5.11 Å². The van der Waals surface area contributed by atoms with Crippen LogP contribution in [0.5, 0.6) is 11.5 Å². The van der Waals surface area contributed by atoms with Crippen molar-refractivity contribution < 1.29 is 9.84 Å². The second-order valence-corrected chi connectivity index (χ2v) is 4.73. The third-order valence-electron chi connectivity index (χ3n) is 3.28. The van der Waals surface area contributed by atoms with Gasteiger partial charge in [0, 0.05) is 11.1 Å². The molecule has 0 fully saturated rings. The molecule has 2 N–H and O–H groups in total. The van der Waals surface area contributed by atoms with Gasteiger partial charge in [-0.05, 0) is 48.9 Å². The average molecular weight is 281 g/mol. The molecule has 106 valence electrons. The Morgan fingerprint density at radius 1 is 1.10 bits per heavy atom. The van der Waals surface area contributed by atoms with E-state index >= 15 is 0 Å². The van der Waals surface area contributed by atoms with Gasteiger partial charge in [0.25, 0.3) is 0 Å². The molecule has 0 radical (unpaired) electrons. The summed E-state index contributed by atoms with van der Waals surface area (Å²) in [5.41, 5.74) is 2.72. The number of nitrogens with one attached hydrogen (secondary N) is 1. The first-order chi connectivity index (χ1) is 10.2. The van der Waals surface area contributed by atoms with Crippen molar-refractivity contribution in [3.63, 3.8) is 0 Å². The summed E-state index contributed by atoms with van der Waals surface area (Å²) in [7, 11) is 1.64. The van der Waals surface area contributed by atoms with Crippen LogP contribution < -0.4 is 10.1 Å². The van der Waals surface area contributed by atoms with Gasteiger partial charge in [0.2, 0.25) is 0 Å².